The predicted molar refractivity (Wildman–Crippen MR) is 74.8 cm³/mol. The van der Waals surface area contributed by atoms with E-state index in [9.17, 15) is 0 Å². The minimum atomic E-state index is 0.709. The maximum absolute atomic E-state index is 8.10. The Balaban J connectivity index is 0.000000325. The topological polar surface area (TPSA) is 47.6 Å². The molecule has 0 aromatic rings. The standard InChI is InChI=1S/C8H9NS.C5H5NS/c9-6-3-7-10-8-4-1-2-5-8;1-2-7-5-3-4-6/h8H,1-2,4-5H2;2H2,1H3. The van der Waals surface area contributed by atoms with Crippen molar-refractivity contribution in [3.05, 3.63) is 0 Å². The van der Waals surface area contributed by atoms with E-state index in [2.05, 4.69) is 22.3 Å². The van der Waals surface area contributed by atoms with E-state index < -0.39 is 0 Å². The average Bonchev–Trinajstić information content (AvgIpc) is 2.84. The zero-order chi connectivity index (χ0) is 12.8. The van der Waals surface area contributed by atoms with Crippen molar-refractivity contribution < 1.29 is 0 Å². The number of nitriles is 2. The third kappa shape index (κ3) is 11.1. The number of nitrogens with zero attached hydrogens (tertiary/aromatic N) is 2. The molecule has 0 atom stereocenters. The van der Waals surface area contributed by atoms with E-state index >= 15 is 0 Å². The van der Waals surface area contributed by atoms with Crippen LogP contribution < -0.4 is 0 Å². The zero-order valence-corrected chi connectivity index (χ0v) is 11.5. The molecular weight excluding hydrogens is 248 g/mol. The van der Waals surface area contributed by atoms with Crippen LogP contribution >= 0.6 is 23.5 Å². The first-order chi connectivity index (χ1) is 8.35. The molecule has 4 heteroatoms. The number of hydrogen-bond donors (Lipinski definition) is 0. The van der Waals surface area contributed by atoms with E-state index in [-0.39, 0.29) is 0 Å². The van der Waals surface area contributed by atoms with Crippen LogP contribution in [0.3, 0.4) is 0 Å². The van der Waals surface area contributed by atoms with E-state index in [0.717, 1.165) is 5.75 Å². The van der Waals surface area contributed by atoms with Crippen molar-refractivity contribution >= 4 is 23.5 Å². The van der Waals surface area contributed by atoms with Gasteiger partial charge in [0, 0.05) is 22.8 Å². The van der Waals surface area contributed by atoms with Crippen LogP contribution in [0.5, 0.6) is 0 Å². The molecule has 0 unspecified atom stereocenters. The molecule has 0 heterocycles. The molecule has 0 bridgehead atoms. The third-order valence-corrected chi connectivity index (χ3v) is 3.52. The molecule has 0 radical (unpaired) electrons. The molecule has 0 aromatic carbocycles. The van der Waals surface area contributed by atoms with Crippen LogP contribution in [-0.2, 0) is 0 Å². The highest BCUT2D eigenvalue weighted by Crippen LogP contribution is 2.28. The summed E-state index contributed by atoms with van der Waals surface area (Å²) in [5.74, 6) is 5.61. The van der Waals surface area contributed by atoms with Gasteiger partial charge in [0.1, 0.15) is 0 Å². The molecule has 0 aliphatic heterocycles. The Morgan fingerprint density at radius 3 is 2.18 bits per heavy atom. The lowest BCUT2D eigenvalue weighted by molar-refractivity contribution is 0.886. The van der Waals surface area contributed by atoms with Gasteiger partial charge < -0.3 is 0 Å². The van der Waals surface area contributed by atoms with Crippen LogP contribution in [0.1, 0.15) is 32.6 Å². The van der Waals surface area contributed by atoms with Gasteiger partial charge in [-0.1, -0.05) is 43.3 Å². The SMILES string of the molecule is CCSC#CC#N.N#CC#CSC1CCCC1. The van der Waals surface area contributed by atoms with Gasteiger partial charge in [0.15, 0.2) is 12.1 Å². The molecule has 1 fully saturated rings. The molecule has 0 spiro atoms. The summed E-state index contributed by atoms with van der Waals surface area (Å²) in [6.07, 6.45) is 5.24. The molecule has 1 rings (SSSR count). The lowest BCUT2D eigenvalue weighted by Gasteiger charge is -1.98. The van der Waals surface area contributed by atoms with Crippen LogP contribution in [0.25, 0.3) is 0 Å². The zero-order valence-electron chi connectivity index (χ0n) is 9.82. The Labute approximate surface area is 112 Å². The summed E-state index contributed by atoms with van der Waals surface area (Å²) in [4.78, 5) is 0. The van der Waals surface area contributed by atoms with E-state index in [1.165, 1.54) is 37.4 Å². The van der Waals surface area contributed by atoms with Crippen molar-refractivity contribution in [2.24, 2.45) is 0 Å². The summed E-state index contributed by atoms with van der Waals surface area (Å²) in [5, 5.41) is 22.0. The highest BCUT2D eigenvalue weighted by molar-refractivity contribution is 8.04. The molecule has 1 aliphatic rings. The molecule has 1 aliphatic carbocycles. The first-order valence-electron chi connectivity index (χ1n) is 5.40. The lowest BCUT2D eigenvalue weighted by atomic mass is 10.4. The summed E-state index contributed by atoms with van der Waals surface area (Å²) in [5.41, 5.74) is 0. The Morgan fingerprint density at radius 2 is 1.65 bits per heavy atom. The van der Waals surface area contributed by atoms with Crippen molar-refractivity contribution in [3.8, 4) is 34.5 Å². The summed E-state index contributed by atoms with van der Waals surface area (Å²) in [6, 6.07) is 3.53. The summed E-state index contributed by atoms with van der Waals surface area (Å²) in [6.45, 7) is 2.00. The third-order valence-electron chi connectivity index (χ3n) is 1.96. The highest BCUT2D eigenvalue weighted by Gasteiger charge is 2.13. The predicted octanol–water partition coefficient (Wildman–Crippen LogP) is 3.37. The molecule has 0 amide bonds. The average molecular weight is 262 g/mol. The van der Waals surface area contributed by atoms with Crippen LogP contribution in [0, 0.1) is 45.0 Å². The van der Waals surface area contributed by atoms with Gasteiger partial charge in [-0.05, 0) is 23.3 Å². The van der Waals surface area contributed by atoms with Gasteiger partial charge in [-0.3, -0.25) is 0 Å². The van der Waals surface area contributed by atoms with Crippen LogP contribution in [-0.4, -0.2) is 11.0 Å². The van der Waals surface area contributed by atoms with Gasteiger partial charge in [-0.25, -0.2) is 0 Å². The van der Waals surface area contributed by atoms with E-state index in [0.29, 0.717) is 5.25 Å². The van der Waals surface area contributed by atoms with E-state index in [4.69, 9.17) is 10.5 Å². The Kier molecular flexibility index (Phi) is 12.0. The Hall–Kier alpha value is -1.20. The summed E-state index contributed by atoms with van der Waals surface area (Å²) in [7, 11) is 0. The van der Waals surface area contributed by atoms with Gasteiger partial charge in [0.25, 0.3) is 0 Å². The minimum Gasteiger partial charge on any atom is -0.183 e. The first kappa shape index (κ1) is 15.8. The summed E-state index contributed by atoms with van der Waals surface area (Å²) < 4.78 is 0. The maximum atomic E-state index is 8.10. The number of rotatable bonds is 2. The minimum absolute atomic E-state index is 0.709. The van der Waals surface area contributed by atoms with E-state index in [1.807, 2.05) is 13.0 Å². The van der Waals surface area contributed by atoms with Crippen molar-refractivity contribution in [2.75, 3.05) is 5.75 Å². The Bertz CT molecular complexity index is 390. The second-order valence-corrected chi connectivity index (χ2v) is 5.31. The second-order valence-electron chi connectivity index (χ2n) is 3.14. The smallest absolute Gasteiger partial charge is 0.153 e. The molecule has 88 valence electrons. The fraction of sp³-hybridized carbons (Fsp3) is 0.538. The molecule has 2 nitrogen and oxygen atoms in total. The number of hydrogen-bond acceptors (Lipinski definition) is 4. The first-order valence-corrected chi connectivity index (χ1v) is 7.27. The quantitative estimate of drug-likeness (QED) is 0.716. The van der Waals surface area contributed by atoms with Crippen molar-refractivity contribution in [1.82, 2.24) is 0 Å². The fourth-order valence-electron chi connectivity index (χ4n) is 1.27. The second kappa shape index (κ2) is 12.9. The van der Waals surface area contributed by atoms with Gasteiger partial charge in [0.2, 0.25) is 0 Å². The van der Waals surface area contributed by atoms with Gasteiger partial charge >= 0.3 is 0 Å². The van der Waals surface area contributed by atoms with E-state index in [1.54, 1.807) is 17.8 Å². The monoisotopic (exact) mass is 262 g/mol. The maximum Gasteiger partial charge on any atom is 0.153 e. The molecule has 17 heavy (non-hydrogen) atoms. The normalized spacial score (nSPS) is 12.6. The lowest BCUT2D eigenvalue weighted by Crippen LogP contribution is -1.89. The molecule has 0 aromatic heterocycles. The van der Waals surface area contributed by atoms with Crippen molar-refractivity contribution in [3.63, 3.8) is 0 Å². The van der Waals surface area contributed by atoms with Crippen LogP contribution in [0.4, 0.5) is 0 Å². The Morgan fingerprint density at radius 1 is 1.06 bits per heavy atom. The van der Waals surface area contributed by atoms with Gasteiger partial charge in [-0.15, -0.1) is 0 Å². The number of thioether (sulfide) groups is 2. The largest absolute Gasteiger partial charge is 0.183 e. The molecule has 0 N–H and O–H groups in total. The molecular formula is C13H14N2S2. The van der Waals surface area contributed by atoms with Gasteiger partial charge in [0.05, 0.1) is 0 Å². The van der Waals surface area contributed by atoms with Gasteiger partial charge in [-0.2, -0.15) is 10.5 Å². The van der Waals surface area contributed by atoms with Crippen LogP contribution in [0.2, 0.25) is 0 Å². The fourth-order valence-corrected chi connectivity index (χ4v) is 2.38. The highest BCUT2D eigenvalue weighted by atomic mass is 32.2. The van der Waals surface area contributed by atoms with Crippen molar-refractivity contribution in [2.45, 2.75) is 37.9 Å². The van der Waals surface area contributed by atoms with Crippen molar-refractivity contribution in [1.29, 1.82) is 10.5 Å². The summed E-state index contributed by atoms with van der Waals surface area (Å²) >= 11 is 3.07. The molecule has 0 saturated heterocycles. The van der Waals surface area contributed by atoms with Crippen LogP contribution in [0.15, 0.2) is 0 Å². The molecule has 1 saturated carbocycles.